The van der Waals surface area contributed by atoms with Crippen LogP contribution in [0.2, 0.25) is 0 Å². The zero-order chi connectivity index (χ0) is 17.7. The molecule has 0 aromatic heterocycles. The van der Waals surface area contributed by atoms with Gasteiger partial charge in [-0.2, -0.15) is 4.31 Å². The maximum absolute atomic E-state index is 12.4. The van der Waals surface area contributed by atoms with Gasteiger partial charge in [0.25, 0.3) is 0 Å². The van der Waals surface area contributed by atoms with Gasteiger partial charge in [-0.05, 0) is 29.7 Å². The minimum absolute atomic E-state index is 0.0448. The lowest BCUT2D eigenvalue weighted by molar-refractivity contribution is -0.118. The largest absolute Gasteiger partial charge is 0.493 e. The fraction of sp³-hybridized carbons (Fsp3) is 0.533. The molecule has 0 saturated heterocycles. The molecule has 134 valence electrons. The Hall–Kier alpha value is -1.51. The van der Waals surface area contributed by atoms with E-state index in [0.717, 1.165) is 11.1 Å². The zero-order valence-electron chi connectivity index (χ0n) is 13.7. The molecule has 0 radical (unpaired) electrons. The number of ether oxygens (including phenoxy) is 2. The Morgan fingerprint density at radius 3 is 2.46 bits per heavy atom. The standard InChI is InChI=1S/C15H21ClN2O5S/c1-22-13-7-11-3-5-18(10-12(11)8-14(13)23-2)24(20,21)6-4-17-15(19)9-16/h7-8H,3-6,9-10H2,1-2H3,(H,17,19). The molecule has 0 fully saturated rings. The topological polar surface area (TPSA) is 84.9 Å². The van der Waals surface area contributed by atoms with Crippen molar-refractivity contribution in [3.8, 4) is 11.5 Å². The van der Waals surface area contributed by atoms with E-state index in [1.807, 2.05) is 12.1 Å². The molecule has 0 spiro atoms. The van der Waals surface area contributed by atoms with Crippen molar-refractivity contribution in [2.45, 2.75) is 13.0 Å². The molecule has 7 nitrogen and oxygen atoms in total. The maximum atomic E-state index is 12.4. The molecule has 24 heavy (non-hydrogen) atoms. The molecule has 0 atom stereocenters. The van der Waals surface area contributed by atoms with Crippen LogP contribution in [-0.4, -0.2) is 57.6 Å². The number of rotatable bonds is 7. The van der Waals surface area contributed by atoms with Crippen LogP contribution in [0.4, 0.5) is 0 Å². The average molecular weight is 377 g/mol. The van der Waals surface area contributed by atoms with Gasteiger partial charge >= 0.3 is 0 Å². The molecule has 0 bridgehead atoms. The minimum Gasteiger partial charge on any atom is -0.493 e. The first-order valence-electron chi connectivity index (χ1n) is 7.45. The highest BCUT2D eigenvalue weighted by Crippen LogP contribution is 2.33. The van der Waals surface area contributed by atoms with Crippen molar-refractivity contribution < 1.29 is 22.7 Å². The van der Waals surface area contributed by atoms with Crippen molar-refractivity contribution >= 4 is 27.5 Å². The highest BCUT2D eigenvalue weighted by Gasteiger charge is 2.27. The van der Waals surface area contributed by atoms with Gasteiger partial charge in [-0.25, -0.2) is 8.42 Å². The number of alkyl halides is 1. The van der Waals surface area contributed by atoms with Crippen molar-refractivity contribution in [2.75, 3.05) is 38.9 Å². The lowest BCUT2D eigenvalue weighted by Crippen LogP contribution is -2.40. The van der Waals surface area contributed by atoms with Crippen LogP contribution >= 0.6 is 11.6 Å². The number of hydrogen-bond donors (Lipinski definition) is 1. The Bertz CT molecular complexity index is 708. The van der Waals surface area contributed by atoms with Crippen LogP contribution < -0.4 is 14.8 Å². The van der Waals surface area contributed by atoms with Gasteiger partial charge < -0.3 is 14.8 Å². The molecule has 1 aromatic rings. The van der Waals surface area contributed by atoms with Crippen molar-refractivity contribution in [3.63, 3.8) is 0 Å². The Kier molecular flexibility index (Phi) is 6.31. The van der Waals surface area contributed by atoms with Crippen LogP contribution in [-0.2, 0) is 27.8 Å². The molecule has 1 amide bonds. The van der Waals surface area contributed by atoms with E-state index in [-0.39, 0.29) is 30.6 Å². The van der Waals surface area contributed by atoms with Crippen LogP contribution in [0.5, 0.6) is 11.5 Å². The summed E-state index contributed by atoms with van der Waals surface area (Å²) in [6.45, 7) is 0.721. The summed E-state index contributed by atoms with van der Waals surface area (Å²) in [6.07, 6.45) is 0.600. The number of carbonyl (C=O) groups is 1. The van der Waals surface area contributed by atoms with Gasteiger partial charge in [0.05, 0.1) is 20.0 Å². The second-order valence-corrected chi connectivity index (χ2v) is 7.71. The Morgan fingerprint density at radius 2 is 1.88 bits per heavy atom. The number of methoxy groups -OCH3 is 2. The number of sulfonamides is 1. The SMILES string of the molecule is COc1cc2c(cc1OC)CN(S(=O)(=O)CCNC(=O)CCl)CC2. The molecule has 1 heterocycles. The number of benzene rings is 1. The molecular formula is C15H21ClN2O5S. The predicted molar refractivity (Wildman–Crippen MR) is 91.2 cm³/mol. The molecule has 1 aliphatic heterocycles. The zero-order valence-corrected chi connectivity index (χ0v) is 15.2. The molecular weight excluding hydrogens is 356 g/mol. The Balaban J connectivity index is 2.09. The third-order valence-electron chi connectivity index (χ3n) is 3.88. The van der Waals surface area contributed by atoms with Gasteiger partial charge in [-0.1, -0.05) is 0 Å². The third-order valence-corrected chi connectivity index (χ3v) is 5.94. The van der Waals surface area contributed by atoms with E-state index in [2.05, 4.69) is 5.32 Å². The van der Waals surface area contributed by atoms with Crippen LogP contribution in [0.1, 0.15) is 11.1 Å². The van der Waals surface area contributed by atoms with Gasteiger partial charge in [-0.15, -0.1) is 11.6 Å². The molecule has 2 rings (SSSR count). The Morgan fingerprint density at radius 1 is 1.25 bits per heavy atom. The van der Waals surface area contributed by atoms with Crippen LogP contribution in [0, 0.1) is 0 Å². The number of hydrogen-bond acceptors (Lipinski definition) is 5. The molecule has 9 heteroatoms. The fourth-order valence-electron chi connectivity index (χ4n) is 2.59. The lowest BCUT2D eigenvalue weighted by atomic mass is 10.0. The third kappa shape index (κ3) is 4.31. The summed E-state index contributed by atoms with van der Waals surface area (Å²) < 4.78 is 36.8. The maximum Gasteiger partial charge on any atom is 0.234 e. The van der Waals surface area contributed by atoms with E-state index < -0.39 is 10.0 Å². The number of nitrogens with zero attached hydrogens (tertiary/aromatic N) is 1. The quantitative estimate of drug-likeness (QED) is 0.710. The summed E-state index contributed by atoms with van der Waals surface area (Å²) in [6, 6.07) is 3.70. The number of nitrogens with one attached hydrogen (secondary N) is 1. The van der Waals surface area contributed by atoms with Gasteiger partial charge in [0.15, 0.2) is 11.5 Å². The molecule has 0 unspecified atom stereocenters. The summed E-state index contributed by atoms with van der Waals surface area (Å²) in [5.41, 5.74) is 1.95. The minimum atomic E-state index is -3.46. The fourth-order valence-corrected chi connectivity index (χ4v) is 4.01. The second-order valence-electron chi connectivity index (χ2n) is 5.36. The highest BCUT2D eigenvalue weighted by molar-refractivity contribution is 7.89. The van der Waals surface area contributed by atoms with Crippen LogP contribution in [0.25, 0.3) is 0 Å². The van der Waals surface area contributed by atoms with E-state index in [4.69, 9.17) is 21.1 Å². The van der Waals surface area contributed by atoms with Crippen LogP contribution in [0.3, 0.4) is 0 Å². The smallest absolute Gasteiger partial charge is 0.234 e. The number of carbonyl (C=O) groups excluding carboxylic acids is 1. The molecule has 1 aromatic carbocycles. The van der Waals surface area contributed by atoms with Gasteiger partial charge in [0.1, 0.15) is 5.88 Å². The van der Waals surface area contributed by atoms with Gasteiger partial charge in [-0.3, -0.25) is 4.79 Å². The summed E-state index contributed by atoms with van der Waals surface area (Å²) in [4.78, 5) is 11.1. The summed E-state index contributed by atoms with van der Waals surface area (Å²) in [5.74, 6) is 0.491. The molecule has 0 aliphatic carbocycles. The van der Waals surface area contributed by atoms with E-state index in [1.54, 1.807) is 14.2 Å². The lowest BCUT2D eigenvalue weighted by Gasteiger charge is -2.29. The number of amides is 1. The van der Waals surface area contributed by atoms with E-state index in [9.17, 15) is 13.2 Å². The van der Waals surface area contributed by atoms with E-state index >= 15 is 0 Å². The molecule has 1 N–H and O–H groups in total. The predicted octanol–water partition coefficient (Wildman–Crippen LogP) is 0.747. The number of fused-ring (bicyclic) bond motifs is 1. The second kappa shape index (κ2) is 8.04. The first-order valence-corrected chi connectivity index (χ1v) is 9.60. The first kappa shape index (κ1) is 18.8. The van der Waals surface area contributed by atoms with Gasteiger partial charge in [0.2, 0.25) is 15.9 Å². The first-order chi connectivity index (χ1) is 11.4. The van der Waals surface area contributed by atoms with E-state index in [0.29, 0.717) is 24.5 Å². The highest BCUT2D eigenvalue weighted by atomic mass is 35.5. The van der Waals surface area contributed by atoms with Crippen molar-refractivity contribution in [1.29, 1.82) is 0 Å². The van der Waals surface area contributed by atoms with Crippen LogP contribution in [0.15, 0.2) is 12.1 Å². The van der Waals surface area contributed by atoms with Crippen molar-refractivity contribution in [2.24, 2.45) is 0 Å². The summed E-state index contributed by atoms with van der Waals surface area (Å²) in [7, 11) is -0.351. The monoisotopic (exact) mass is 376 g/mol. The molecule has 0 saturated carbocycles. The summed E-state index contributed by atoms with van der Waals surface area (Å²) >= 11 is 5.37. The van der Waals surface area contributed by atoms with Crippen molar-refractivity contribution in [1.82, 2.24) is 9.62 Å². The van der Waals surface area contributed by atoms with E-state index in [1.165, 1.54) is 4.31 Å². The molecule has 1 aliphatic rings. The van der Waals surface area contributed by atoms with Gasteiger partial charge in [0, 0.05) is 19.6 Å². The van der Waals surface area contributed by atoms with Crippen molar-refractivity contribution in [3.05, 3.63) is 23.3 Å². The average Bonchev–Trinajstić information content (AvgIpc) is 2.59. The summed E-state index contributed by atoms with van der Waals surface area (Å²) in [5, 5.41) is 2.47. The normalized spacial score (nSPS) is 14.8. The number of halogens is 1. The Labute approximate surface area is 146 Å².